The molecule has 4 nitrogen and oxygen atoms in total. The minimum atomic E-state index is -0.216. The van der Waals surface area contributed by atoms with E-state index < -0.39 is 0 Å². The van der Waals surface area contributed by atoms with Gasteiger partial charge in [-0.1, -0.05) is 0 Å². The van der Waals surface area contributed by atoms with Crippen LogP contribution in [0, 0.1) is 7.05 Å². The molecule has 9 heavy (non-hydrogen) atoms. The molecular weight excluding hydrogens is 140 g/mol. The molecule has 0 unspecified atom stereocenters. The van der Waals surface area contributed by atoms with Gasteiger partial charge in [-0.2, -0.15) is 0 Å². The third kappa shape index (κ3) is 1.10. The Morgan fingerprint density at radius 1 is 1.89 bits per heavy atom. The number of hydrogen-bond acceptors (Lipinski definition) is 4. The molecule has 5 heteroatoms. The molecule has 1 radical (unpaired) electrons. The standard InChI is InChI=1S/C4H5N2O2S/c1-6-4(7)9-3(5-6)8-2/h1H2,2H3. The Morgan fingerprint density at radius 2 is 2.56 bits per heavy atom. The van der Waals surface area contributed by atoms with Crippen molar-refractivity contribution >= 4 is 11.3 Å². The summed E-state index contributed by atoms with van der Waals surface area (Å²) < 4.78 is 5.65. The SMILES string of the molecule is [CH2]n1nc(OC)sc1=O. The van der Waals surface area contributed by atoms with Crippen molar-refractivity contribution in [3.63, 3.8) is 0 Å². The highest BCUT2D eigenvalue weighted by molar-refractivity contribution is 7.10. The quantitative estimate of drug-likeness (QED) is 0.556. The first kappa shape index (κ1) is 6.28. The van der Waals surface area contributed by atoms with Gasteiger partial charge in [-0.3, -0.25) is 4.79 Å². The number of nitrogens with zero attached hydrogens (tertiary/aromatic N) is 2. The maximum absolute atomic E-state index is 10.6. The first-order valence-corrected chi connectivity index (χ1v) is 3.00. The second-order valence-corrected chi connectivity index (χ2v) is 2.24. The van der Waals surface area contributed by atoms with Crippen molar-refractivity contribution in [2.24, 2.45) is 0 Å². The maximum Gasteiger partial charge on any atom is 0.328 e. The predicted octanol–water partition coefficient (Wildman–Crippen LogP) is -0.0469. The van der Waals surface area contributed by atoms with Gasteiger partial charge in [0.25, 0.3) is 5.19 Å². The molecule has 0 aromatic carbocycles. The topological polar surface area (TPSA) is 44.1 Å². The minimum Gasteiger partial charge on any atom is -0.472 e. The van der Waals surface area contributed by atoms with Crippen LogP contribution in [0.25, 0.3) is 0 Å². The van der Waals surface area contributed by atoms with Crippen molar-refractivity contribution in [1.29, 1.82) is 0 Å². The summed E-state index contributed by atoms with van der Waals surface area (Å²) in [6.07, 6.45) is 0. The third-order valence-corrected chi connectivity index (χ3v) is 1.57. The summed E-state index contributed by atoms with van der Waals surface area (Å²) in [5.74, 6) is 0. The molecule has 1 heterocycles. The Morgan fingerprint density at radius 3 is 2.78 bits per heavy atom. The van der Waals surface area contributed by atoms with Gasteiger partial charge in [0, 0.05) is 0 Å². The molecule has 0 aliphatic carbocycles. The van der Waals surface area contributed by atoms with Crippen LogP contribution in [0.2, 0.25) is 0 Å². The zero-order valence-corrected chi connectivity index (χ0v) is 5.64. The molecule has 0 atom stereocenters. The number of aromatic nitrogens is 2. The molecule has 0 bridgehead atoms. The van der Waals surface area contributed by atoms with Gasteiger partial charge in [0.15, 0.2) is 0 Å². The maximum atomic E-state index is 10.6. The fourth-order valence-corrected chi connectivity index (χ4v) is 0.888. The molecule has 0 N–H and O–H groups in total. The lowest BCUT2D eigenvalue weighted by molar-refractivity contribution is 0.403. The van der Waals surface area contributed by atoms with E-state index >= 15 is 0 Å². The molecule has 0 saturated carbocycles. The van der Waals surface area contributed by atoms with Gasteiger partial charge in [0.2, 0.25) is 0 Å². The first-order chi connectivity index (χ1) is 4.24. The van der Waals surface area contributed by atoms with Crippen LogP contribution in [0.4, 0.5) is 0 Å². The van der Waals surface area contributed by atoms with Crippen molar-refractivity contribution in [2.75, 3.05) is 7.11 Å². The summed E-state index contributed by atoms with van der Waals surface area (Å²) in [4.78, 5) is 10.4. The largest absolute Gasteiger partial charge is 0.472 e. The van der Waals surface area contributed by atoms with E-state index in [2.05, 4.69) is 16.9 Å². The second kappa shape index (κ2) is 2.18. The number of methoxy groups -OCH3 is 1. The molecule has 0 amide bonds. The molecule has 49 valence electrons. The monoisotopic (exact) mass is 145 g/mol. The fraction of sp³-hybridized carbons (Fsp3) is 0.250. The van der Waals surface area contributed by atoms with Crippen LogP contribution in [0.1, 0.15) is 0 Å². The highest BCUT2D eigenvalue weighted by atomic mass is 32.1. The van der Waals surface area contributed by atoms with Crippen LogP contribution in [0.15, 0.2) is 4.79 Å². The molecule has 1 rings (SSSR count). The Kier molecular flexibility index (Phi) is 1.52. The van der Waals surface area contributed by atoms with Crippen LogP contribution in [-0.4, -0.2) is 16.9 Å². The lowest BCUT2D eigenvalue weighted by Crippen LogP contribution is -2.06. The van der Waals surface area contributed by atoms with E-state index in [1.807, 2.05) is 0 Å². The zero-order valence-electron chi connectivity index (χ0n) is 4.83. The van der Waals surface area contributed by atoms with Crippen molar-refractivity contribution in [3.8, 4) is 5.19 Å². The minimum absolute atomic E-state index is 0.216. The first-order valence-electron chi connectivity index (χ1n) is 2.19. The highest BCUT2D eigenvalue weighted by Gasteiger charge is 1.99. The molecule has 0 spiro atoms. The highest BCUT2D eigenvalue weighted by Crippen LogP contribution is 2.06. The van der Waals surface area contributed by atoms with Gasteiger partial charge < -0.3 is 4.74 Å². The molecule has 1 aromatic heterocycles. The molecule has 0 fully saturated rings. The second-order valence-electron chi connectivity index (χ2n) is 1.34. The predicted molar refractivity (Wildman–Crippen MR) is 33.7 cm³/mol. The van der Waals surface area contributed by atoms with Crippen LogP contribution in [-0.2, 0) is 0 Å². The lowest BCUT2D eigenvalue weighted by Gasteiger charge is -1.84. The molecule has 0 aliphatic heterocycles. The van der Waals surface area contributed by atoms with E-state index in [-0.39, 0.29) is 4.87 Å². The number of ether oxygens (including phenoxy) is 1. The van der Waals surface area contributed by atoms with E-state index in [0.29, 0.717) is 5.19 Å². The Bertz CT molecular complexity index is 251. The average Bonchev–Trinajstić information content (AvgIpc) is 2.13. The van der Waals surface area contributed by atoms with Crippen molar-refractivity contribution < 1.29 is 4.74 Å². The molecular formula is C4H5N2O2S. The van der Waals surface area contributed by atoms with Crippen LogP contribution in [0.5, 0.6) is 5.19 Å². The van der Waals surface area contributed by atoms with Gasteiger partial charge in [-0.05, 0) is 11.3 Å². The number of hydrogen-bond donors (Lipinski definition) is 0. The van der Waals surface area contributed by atoms with Crippen molar-refractivity contribution in [3.05, 3.63) is 16.7 Å². The third-order valence-electron chi connectivity index (χ3n) is 0.762. The summed E-state index contributed by atoms with van der Waals surface area (Å²) in [6.45, 7) is 0. The van der Waals surface area contributed by atoms with E-state index in [4.69, 9.17) is 0 Å². The van der Waals surface area contributed by atoms with E-state index in [1.165, 1.54) is 7.11 Å². The normalized spacial score (nSPS) is 9.56. The Labute approximate surface area is 55.7 Å². The van der Waals surface area contributed by atoms with Crippen molar-refractivity contribution in [1.82, 2.24) is 9.78 Å². The van der Waals surface area contributed by atoms with E-state index in [0.717, 1.165) is 16.0 Å². The average molecular weight is 145 g/mol. The van der Waals surface area contributed by atoms with E-state index in [1.54, 1.807) is 0 Å². The van der Waals surface area contributed by atoms with Crippen LogP contribution in [0.3, 0.4) is 0 Å². The van der Waals surface area contributed by atoms with Gasteiger partial charge in [0.1, 0.15) is 0 Å². The Hall–Kier alpha value is -0.840. The lowest BCUT2D eigenvalue weighted by atomic mass is 11.2. The molecule has 1 aromatic rings. The van der Waals surface area contributed by atoms with Crippen LogP contribution < -0.4 is 9.61 Å². The van der Waals surface area contributed by atoms with Gasteiger partial charge >= 0.3 is 4.87 Å². The van der Waals surface area contributed by atoms with Gasteiger partial charge in [-0.15, -0.1) is 5.10 Å². The zero-order chi connectivity index (χ0) is 6.85. The fourth-order valence-electron chi connectivity index (χ4n) is 0.370. The van der Waals surface area contributed by atoms with Crippen LogP contribution >= 0.6 is 11.3 Å². The molecule has 0 aliphatic rings. The Balaban J connectivity index is 3.13. The summed E-state index contributed by atoms with van der Waals surface area (Å²) in [7, 11) is 4.77. The van der Waals surface area contributed by atoms with Gasteiger partial charge in [-0.25, -0.2) is 4.68 Å². The summed E-state index contributed by atoms with van der Waals surface area (Å²) in [5.41, 5.74) is 0. The van der Waals surface area contributed by atoms with Crippen molar-refractivity contribution in [2.45, 2.75) is 0 Å². The number of rotatable bonds is 1. The smallest absolute Gasteiger partial charge is 0.328 e. The molecule has 0 saturated heterocycles. The summed E-state index contributed by atoms with van der Waals surface area (Å²) in [6, 6.07) is 0. The van der Waals surface area contributed by atoms with E-state index in [9.17, 15) is 4.79 Å². The summed E-state index contributed by atoms with van der Waals surface area (Å²) in [5, 5.41) is 3.96. The summed E-state index contributed by atoms with van der Waals surface area (Å²) >= 11 is 0.926. The van der Waals surface area contributed by atoms with Gasteiger partial charge in [0.05, 0.1) is 14.2 Å².